The first-order valence-electron chi connectivity index (χ1n) is 11.5. The van der Waals surface area contributed by atoms with E-state index < -0.39 is 28.4 Å². The van der Waals surface area contributed by atoms with Gasteiger partial charge < -0.3 is 24.4 Å². The maximum absolute atomic E-state index is 13.9. The Morgan fingerprint density at radius 1 is 1.29 bits per heavy atom. The molecule has 2 N–H and O–H groups in total. The van der Waals surface area contributed by atoms with Crippen LogP contribution < -0.4 is 56.3 Å². The molecule has 11 nitrogen and oxygen atoms in total. The monoisotopic (exact) mass is 608 g/mol. The number of thiocarbonyl (C=S) groups is 1. The SMILES string of the molecule is CC(O)OCCN1C(=S)N(c2ccccn2)C(=O)C1=C1C(Cl)=CC=C2O[CH-]N(CCCCS(=O)(=O)O)C21.[K+]. The fourth-order valence-corrected chi connectivity index (χ4v) is 5.41. The Hall–Kier alpha value is -0.754. The van der Waals surface area contributed by atoms with Gasteiger partial charge in [0.15, 0.2) is 11.4 Å². The largest absolute Gasteiger partial charge is 1.00 e. The summed E-state index contributed by atoms with van der Waals surface area (Å²) in [5, 5.41) is 10.0. The Morgan fingerprint density at radius 3 is 2.71 bits per heavy atom. The summed E-state index contributed by atoms with van der Waals surface area (Å²) >= 11 is 12.4. The van der Waals surface area contributed by atoms with Crippen LogP contribution in [0.4, 0.5) is 5.82 Å². The van der Waals surface area contributed by atoms with Crippen molar-refractivity contribution in [1.29, 1.82) is 0 Å². The number of nitrogens with zero attached hydrogens (tertiary/aromatic N) is 4. The van der Waals surface area contributed by atoms with Crippen LogP contribution in [0, 0.1) is 6.73 Å². The minimum Gasteiger partial charge on any atom is -0.649 e. The predicted molar refractivity (Wildman–Crippen MR) is 139 cm³/mol. The van der Waals surface area contributed by atoms with Gasteiger partial charge in [0.05, 0.1) is 24.2 Å². The van der Waals surface area contributed by atoms with Gasteiger partial charge >= 0.3 is 51.4 Å². The molecule has 200 valence electrons. The Balaban J connectivity index is 0.00000400. The van der Waals surface area contributed by atoms with Crippen LogP contribution in [0.1, 0.15) is 19.8 Å². The Bertz CT molecular complexity index is 1260. The zero-order valence-electron chi connectivity index (χ0n) is 20.9. The van der Waals surface area contributed by atoms with Crippen LogP contribution in [0.25, 0.3) is 0 Å². The van der Waals surface area contributed by atoms with Gasteiger partial charge in [-0.05, 0) is 62.8 Å². The van der Waals surface area contributed by atoms with Crippen LogP contribution in [0.5, 0.6) is 0 Å². The van der Waals surface area contributed by atoms with Gasteiger partial charge in [-0.25, -0.2) is 9.88 Å². The maximum Gasteiger partial charge on any atom is 1.00 e. The number of hydrogen-bond donors (Lipinski definition) is 2. The Labute approximate surface area is 274 Å². The molecule has 1 aromatic rings. The molecule has 0 saturated carbocycles. The van der Waals surface area contributed by atoms with Crippen LogP contribution in [-0.2, 0) is 24.4 Å². The van der Waals surface area contributed by atoms with E-state index in [1.54, 1.807) is 41.4 Å². The minimum atomic E-state index is -4.06. The number of allylic oxidation sites excluding steroid dienone is 2. The first-order valence-corrected chi connectivity index (χ1v) is 13.9. The number of ether oxygens (including phenoxy) is 2. The maximum atomic E-state index is 13.9. The van der Waals surface area contributed by atoms with Crippen molar-refractivity contribution in [2.75, 3.05) is 30.3 Å². The molecule has 15 heteroatoms. The third-order valence-electron chi connectivity index (χ3n) is 5.82. The van der Waals surface area contributed by atoms with E-state index in [9.17, 15) is 18.3 Å². The fraction of sp³-hybridized carbons (Fsp3) is 0.391. The van der Waals surface area contributed by atoms with Crippen LogP contribution in [0.3, 0.4) is 0 Å². The van der Waals surface area contributed by atoms with E-state index in [2.05, 4.69) is 4.98 Å². The number of halogens is 1. The average Bonchev–Trinajstić information content (AvgIpc) is 3.35. The first-order chi connectivity index (χ1) is 17.6. The second-order valence-electron chi connectivity index (χ2n) is 8.44. The van der Waals surface area contributed by atoms with Crippen molar-refractivity contribution in [1.82, 2.24) is 14.8 Å². The van der Waals surface area contributed by atoms with E-state index in [1.807, 2.05) is 4.90 Å². The number of aliphatic hydroxyl groups is 1. The van der Waals surface area contributed by atoms with Gasteiger partial charge in [-0.2, -0.15) is 8.42 Å². The van der Waals surface area contributed by atoms with Crippen LogP contribution >= 0.6 is 23.8 Å². The van der Waals surface area contributed by atoms with Crippen molar-refractivity contribution >= 4 is 50.8 Å². The number of unbranched alkanes of at least 4 members (excludes halogenated alkanes) is 1. The van der Waals surface area contributed by atoms with Gasteiger partial charge in [-0.3, -0.25) is 9.35 Å². The summed E-state index contributed by atoms with van der Waals surface area (Å²) in [6.07, 6.45) is 4.57. The molecular weight excluding hydrogens is 583 g/mol. The number of hydrogen-bond acceptors (Lipinski definition) is 9. The molecule has 2 saturated heterocycles. The normalized spacial score (nSPS) is 22.6. The van der Waals surface area contributed by atoms with Crippen molar-refractivity contribution in [3.63, 3.8) is 0 Å². The molecule has 38 heavy (non-hydrogen) atoms. The molecule has 3 aliphatic rings. The summed E-state index contributed by atoms with van der Waals surface area (Å²) < 4.78 is 42.2. The number of rotatable bonds is 10. The summed E-state index contributed by atoms with van der Waals surface area (Å²) in [5.74, 6) is 0.100. The van der Waals surface area contributed by atoms with Gasteiger partial charge in [0.2, 0.25) is 0 Å². The third kappa shape index (κ3) is 7.30. The van der Waals surface area contributed by atoms with E-state index >= 15 is 0 Å². The number of carbonyl (C=O) groups excluding carboxylic acids is 1. The second kappa shape index (κ2) is 13.7. The molecule has 2 atom stereocenters. The van der Waals surface area contributed by atoms with E-state index in [0.717, 1.165) is 0 Å². The molecule has 1 aromatic heterocycles. The smallest absolute Gasteiger partial charge is 0.649 e. The van der Waals surface area contributed by atoms with Crippen LogP contribution in [0.15, 0.2) is 58.6 Å². The molecule has 2 unspecified atom stereocenters. The topological polar surface area (TPSA) is 133 Å². The number of fused-ring (bicyclic) bond motifs is 1. The quantitative estimate of drug-likeness (QED) is 0.0654. The second-order valence-corrected chi connectivity index (χ2v) is 10.8. The molecule has 2 fully saturated rings. The Kier molecular flexibility index (Phi) is 11.5. The molecule has 3 heterocycles. The van der Waals surface area contributed by atoms with E-state index in [1.165, 1.54) is 18.6 Å². The standard InChI is InChI=1S/C23H26ClN4O7S2.K/c1-15(29)34-12-11-27-21(22(30)28(23(27)36)18-6-2-3-9-25-18)19-16(24)7-8-17-20(19)26(14-35-17)10-4-5-13-37(31,32)33;/h2-3,6-9,14-15,20,29H,4-5,10-13H2,1H3,(H,31,32,33);/q-1;+1. The summed E-state index contributed by atoms with van der Waals surface area (Å²) in [7, 11) is -4.06. The van der Waals surface area contributed by atoms with Crippen molar-refractivity contribution in [3.8, 4) is 0 Å². The van der Waals surface area contributed by atoms with Crippen molar-refractivity contribution in [2.24, 2.45) is 0 Å². The average molecular weight is 609 g/mol. The predicted octanol–water partition coefficient (Wildman–Crippen LogP) is -0.864. The van der Waals surface area contributed by atoms with Gasteiger partial charge in [0.1, 0.15) is 11.5 Å². The number of carbonyl (C=O) groups is 1. The first kappa shape index (κ1) is 31.8. The summed E-state index contributed by atoms with van der Waals surface area (Å²) in [6.45, 7) is 3.60. The molecule has 0 bridgehead atoms. The molecular formula is C23H26ClKN4O7S2. The minimum absolute atomic E-state index is 0. The number of anilines is 1. The van der Waals surface area contributed by atoms with Crippen molar-refractivity contribution < 1.29 is 83.7 Å². The molecule has 1 amide bonds. The molecule has 4 rings (SSSR count). The molecule has 2 aliphatic heterocycles. The van der Waals surface area contributed by atoms with Gasteiger partial charge in [-0.1, -0.05) is 24.4 Å². The summed E-state index contributed by atoms with van der Waals surface area (Å²) in [6, 6.07) is 4.57. The van der Waals surface area contributed by atoms with E-state index in [0.29, 0.717) is 35.1 Å². The number of pyridine rings is 1. The summed E-state index contributed by atoms with van der Waals surface area (Å²) in [5.41, 5.74) is 0.689. The van der Waals surface area contributed by atoms with Gasteiger partial charge in [-0.15, -0.1) is 0 Å². The molecule has 0 spiro atoms. The van der Waals surface area contributed by atoms with Gasteiger partial charge in [0, 0.05) is 23.3 Å². The molecule has 1 aliphatic carbocycles. The van der Waals surface area contributed by atoms with Gasteiger partial charge in [0.25, 0.3) is 16.0 Å². The van der Waals surface area contributed by atoms with Crippen LogP contribution in [0.2, 0.25) is 0 Å². The summed E-state index contributed by atoms with van der Waals surface area (Å²) in [4.78, 5) is 22.9. The van der Waals surface area contributed by atoms with Crippen LogP contribution in [-0.4, -0.2) is 81.7 Å². The zero-order chi connectivity index (χ0) is 26.7. The molecule has 0 radical (unpaired) electrons. The van der Waals surface area contributed by atoms with E-state index in [4.69, 9.17) is 37.8 Å². The zero-order valence-corrected chi connectivity index (χ0v) is 26.4. The Morgan fingerprint density at radius 2 is 2.05 bits per heavy atom. The number of aliphatic hydroxyl groups excluding tert-OH is 1. The van der Waals surface area contributed by atoms with E-state index in [-0.39, 0.29) is 87.5 Å². The van der Waals surface area contributed by atoms with Crippen molar-refractivity contribution in [2.45, 2.75) is 32.1 Å². The number of aromatic nitrogens is 1. The number of amides is 1. The third-order valence-corrected chi connectivity index (χ3v) is 7.36. The van der Waals surface area contributed by atoms with Crippen molar-refractivity contribution in [3.05, 3.63) is 65.3 Å². The fourth-order valence-electron chi connectivity index (χ4n) is 4.23. The molecule has 0 aromatic carbocycles.